The van der Waals surface area contributed by atoms with Gasteiger partial charge in [0, 0.05) is 11.6 Å². The van der Waals surface area contributed by atoms with Crippen LogP contribution in [0.3, 0.4) is 0 Å². The van der Waals surface area contributed by atoms with Crippen molar-refractivity contribution in [2.24, 2.45) is 0 Å². The van der Waals surface area contributed by atoms with Gasteiger partial charge in [-0.05, 0) is 11.6 Å². The standard InChI is InChI=1S/C12H11NO5/c14-6-10(15)8-3-1-2-7(4-8)9-5-11(12(16)17)18-13-9/h1-5,10,14-15H,6H2,(H,16,17). The fourth-order valence-electron chi connectivity index (χ4n) is 1.52. The number of hydrogen-bond acceptors (Lipinski definition) is 5. The van der Waals surface area contributed by atoms with Crippen LogP contribution in [-0.2, 0) is 0 Å². The molecule has 1 aromatic heterocycles. The number of hydrogen-bond donors (Lipinski definition) is 3. The third kappa shape index (κ3) is 2.39. The van der Waals surface area contributed by atoms with E-state index in [-0.39, 0.29) is 12.4 Å². The van der Waals surface area contributed by atoms with Crippen LogP contribution in [0.2, 0.25) is 0 Å². The van der Waals surface area contributed by atoms with Crippen LogP contribution < -0.4 is 0 Å². The van der Waals surface area contributed by atoms with E-state index in [1.807, 2.05) is 0 Å². The lowest BCUT2D eigenvalue weighted by molar-refractivity contribution is 0.0652. The lowest BCUT2D eigenvalue weighted by Gasteiger charge is -2.07. The molecule has 0 aliphatic carbocycles. The minimum atomic E-state index is -1.19. The average Bonchev–Trinajstić information content (AvgIpc) is 2.88. The Bertz CT molecular complexity index is 563. The van der Waals surface area contributed by atoms with E-state index in [1.165, 1.54) is 6.07 Å². The highest BCUT2D eigenvalue weighted by molar-refractivity contribution is 5.85. The lowest BCUT2D eigenvalue weighted by Crippen LogP contribution is -2.02. The second-order valence-electron chi connectivity index (χ2n) is 3.71. The van der Waals surface area contributed by atoms with E-state index in [9.17, 15) is 9.90 Å². The van der Waals surface area contributed by atoms with E-state index in [4.69, 9.17) is 10.2 Å². The monoisotopic (exact) mass is 249 g/mol. The topological polar surface area (TPSA) is 104 Å². The van der Waals surface area contributed by atoms with Gasteiger partial charge in [-0.2, -0.15) is 0 Å². The first-order chi connectivity index (χ1) is 8.61. The normalized spacial score (nSPS) is 12.3. The first kappa shape index (κ1) is 12.3. The maximum atomic E-state index is 10.7. The Kier molecular flexibility index (Phi) is 3.40. The summed E-state index contributed by atoms with van der Waals surface area (Å²) in [4.78, 5) is 10.7. The molecule has 0 spiro atoms. The highest BCUT2D eigenvalue weighted by atomic mass is 16.5. The third-order valence-corrected chi connectivity index (χ3v) is 2.46. The zero-order valence-electron chi connectivity index (χ0n) is 9.28. The Hall–Kier alpha value is -2.18. The van der Waals surface area contributed by atoms with Crippen molar-refractivity contribution in [1.29, 1.82) is 0 Å². The molecule has 1 unspecified atom stereocenters. The molecule has 0 aliphatic rings. The number of carbonyl (C=O) groups is 1. The van der Waals surface area contributed by atoms with Crippen LogP contribution in [0.1, 0.15) is 22.2 Å². The summed E-state index contributed by atoms with van der Waals surface area (Å²) in [5.41, 5.74) is 1.49. The Morgan fingerprint density at radius 3 is 2.78 bits per heavy atom. The van der Waals surface area contributed by atoms with Gasteiger partial charge in [0.25, 0.3) is 0 Å². The summed E-state index contributed by atoms with van der Waals surface area (Å²) in [7, 11) is 0. The van der Waals surface area contributed by atoms with Crippen molar-refractivity contribution in [1.82, 2.24) is 5.16 Å². The van der Waals surface area contributed by atoms with Gasteiger partial charge in [-0.15, -0.1) is 0 Å². The summed E-state index contributed by atoms with van der Waals surface area (Å²) < 4.78 is 4.65. The van der Waals surface area contributed by atoms with Crippen LogP contribution >= 0.6 is 0 Å². The van der Waals surface area contributed by atoms with Crippen LogP contribution in [-0.4, -0.2) is 33.1 Å². The molecule has 6 nitrogen and oxygen atoms in total. The van der Waals surface area contributed by atoms with Crippen molar-refractivity contribution in [3.8, 4) is 11.3 Å². The highest BCUT2D eigenvalue weighted by Gasteiger charge is 2.13. The largest absolute Gasteiger partial charge is 0.475 e. The molecule has 2 rings (SSSR count). The van der Waals surface area contributed by atoms with Gasteiger partial charge in [0.1, 0.15) is 11.8 Å². The molecule has 0 aliphatic heterocycles. The van der Waals surface area contributed by atoms with Crippen LogP contribution in [0.5, 0.6) is 0 Å². The lowest BCUT2D eigenvalue weighted by atomic mass is 10.0. The second-order valence-corrected chi connectivity index (χ2v) is 3.71. The quantitative estimate of drug-likeness (QED) is 0.748. The summed E-state index contributed by atoms with van der Waals surface area (Å²) >= 11 is 0. The summed E-state index contributed by atoms with van der Waals surface area (Å²) in [6.07, 6.45) is -0.976. The number of nitrogens with zero attached hydrogens (tertiary/aromatic N) is 1. The van der Waals surface area contributed by atoms with Crippen molar-refractivity contribution >= 4 is 5.97 Å². The smallest absolute Gasteiger partial charge is 0.374 e. The van der Waals surface area contributed by atoms with Crippen molar-refractivity contribution < 1.29 is 24.6 Å². The number of carboxylic acid groups (broad SMARTS) is 1. The fraction of sp³-hybridized carbons (Fsp3) is 0.167. The molecule has 18 heavy (non-hydrogen) atoms. The van der Waals surface area contributed by atoms with Gasteiger partial charge in [-0.1, -0.05) is 23.4 Å². The van der Waals surface area contributed by atoms with Crippen molar-refractivity contribution in [3.63, 3.8) is 0 Å². The van der Waals surface area contributed by atoms with E-state index in [0.717, 1.165) is 0 Å². The number of aliphatic hydroxyl groups excluding tert-OH is 2. The predicted molar refractivity (Wildman–Crippen MR) is 60.9 cm³/mol. The van der Waals surface area contributed by atoms with Crippen LogP contribution in [0, 0.1) is 0 Å². The molecule has 0 amide bonds. The van der Waals surface area contributed by atoms with E-state index < -0.39 is 12.1 Å². The molecule has 3 N–H and O–H groups in total. The van der Waals surface area contributed by atoms with Crippen LogP contribution in [0.15, 0.2) is 34.9 Å². The summed E-state index contributed by atoms with van der Waals surface area (Å²) in [6, 6.07) is 7.95. The maximum absolute atomic E-state index is 10.7. The molecule has 1 aromatic carbocycles. The third-order valence-electron chi connectivity index (χ3n) is 2.46. The Morgan fingerprint density at radius 1 is 1.39 bits per heavy atom. The van der Waals surface area contributed by atoms with Crippen molar-refractivity contribution in [2.45, 2.75) is 6.10 Å². The van der Waals surface area contributed by atoms with Crippen LogP contribution in [0.25, 0.3) is 11.3 Å². The van der Waals surface area contributed by atoms with E-state index in [0.29, 0.717) is 16.8 Å². The van der Waals surface area contributed by atoms with E-state index in [2.05, 4.69) is 9.68 Å². The molecule has 1 heterocycles. The Morgan fingerprint density at radius 2 is 2.17 bits per heavy atom. The fourth-order valence-corrected chi connectivity index (χ4v) is 1.52. The first-order valence-electron chi connectivity index (χ1n) is 5.21. The molecule has 94 valence electrons. The molecular weight excluding hydrogens is 238 g/mol. The minimum absolute atomic E-state index is 0.252. The summed E-state index contributed by atoms with van der Waals surface area (Å²) in [5.74, 6) is -1.45. The number of aromatic carboxylic acids is 1. The van der Waals surface area contributed by atoms with Gasteiger partial charge >= 0.3 is 5.97 Å². The van der Waals surface area contributed by atoms with Gasteiger partial charge in [0.15, 0.2) is 0 Å². The number of aliphatic hydroxyl groups is 2. The molecule has 0 bridgehead atoms. The van der Waals surface area contributed by atoms with Gasteiger partial charge in [0.05, 0.1) is 6.61 Å². The van der Waals surface area contributed by atoms with Crippen molar-refractivity contribution in [3.05, 3.63) is 41.7 Å². The van der Waals surface area contributed by atoms with Crippen molar-refractivity contribution in [2.75, 3.05) is 6.61 Å². The van der Waals surface area contributed by atoms with E-state index in [1.54, 1.807) is 24.3 Å². The molecule has 2 aromatic rings. The van der Waals surface area contributed by atoms with E-state index >= 15 is 0 Å². The number of aromatic nitrogens is 1. The zero-order chi connectivity index (χ0) is 13.1. The second kappa shape index (κ2) is 4.99. The maximum Gasteiger partial charge on any atom is 0.374 e. The highest BCUT2D eigenvalue weighted by Crippen LogP contribution is 2.23. The molecule has 0 saturated carbocycles. The Balaban J connectivity index is 2.35. The number of benzene rings is 1. The summed E-state index contributed by atoms with van der Waals surface area (Å²) in [6.45, 7) is -0.386. The van der Waals surface area contributed by atoms with Gasteiger partial charge in [0.2, 0.25) is 5.76 Å². The SMILES string of the molecule is O=C(O)c1cc(-c2cccc(C(O)CO)c2)no1. The molecule has 0 saturated heterocycles. The minimum Gasteiger partial charge on any atom is -0.475 e. The number of carboxylic acids is 1. The molecule has 1 atom stereocenters. The zero-order valence-corrected chi connectivity index (χ0v) is 9.28. The van der Waals surface area contributed by atoms with Gasteiger partial charge in [-0.3, -0.25) is 0 Å². The predicted octanol–water partition coefficient (Wildman–Crippen LogP) is 1.07. The molecule has 0 radical (unpaired) electrons. The molecular formula is C12H11NO5. The van der Waals surface area contributed by atoms with Gasteiger partial charge in [-0.25, -0.2) is 4.79 Å². The first-order valence-corrected chi connectivity index (χ1v) is 5.21. The van der Waals surface area contributed by atoms with Crippen LogP contribution in [0.4, 0.5) is 0 Å². The Labute approximate surface area is 102 Å². The number of rotatable bonds is 4. The van der Waals surface area contributed by atoms with Gasteiger partial charge < -0.3 is 19.8 Å². The average molecular weight is 249 g/mol. The summed E-state index contributed by atoms with van der Waals surface area (Å²) in [5, 5.41) is 30.7. The molecule has 6 heteroatoms. The molecule has 0 fully saturated rings.